The Labute approximate surface area is 126 Å². The van der Waals surface area contributed by atoms with E-state index in [0.29, 0.717) is 21.8 Å². The fraction of sp³-hybridized carbons (Fsp3) is 0.133. The van der Waals surface area contributed by atoms with Crippen LogP contribution in [-0.4, -0.2) is 24.0 Å². The minimum absolute atomic E-state index is 0.305. The molecule has 1 aromatic heterocycles. The van der Waals surface area contributed by atoms with Crippen LogP contribution in [0.5, 0.6) is 0 Å². The topological polar surface area (TPSA) is 68.3 Å². The number of esters is 1. The molecule has 0 fully saturated rings. The van der Waals surface area contributed by atoms with Crippen LogP contribution in [0.2, 0.25) is 5.02 Å². The van der Waals surface area contributed by atoms with E-state index in [1.807, 2.05) is 6.92 Å². The summed E-state index contributed by atoms with van der Waals surface area (Å²) in [7, 11) is 1.28. The van der Waals surface area contributed by atoms with Crippen molar-refractivity contribution in [3.05, 3.63) is 58.4 Å². The number of amides is 1. The predicted molar refractivity (Wildman–Crippen MR) is 79.7 cm³/mol. The molecule has 6 heteroatoms. The molecule has 1 N–H and O–H groups in total. The van der Waals surface area contributed by atoms with Gasteiger partial charge >= 0.3 is 5.97 Å². The van der Waals surface area contributed by atoms with E-state index in [9.17, 15) is 9.59 Å². The lowest BCUT2D eigenvalue weighted by atomic mass is 10.2. The maximum atomic E-state index is 12.1. The highest BCUT2D eigenvalue weighted by atomic mass is 35.5. The number of carbonyl (C=O) groups excluding carboxylic acids is 2. The maximum Gasteiger partial charge on any atom is 0.337 e. The summed E-state index contributed by atoms with van der Waals surface area (Å²) in [5, 5.41) is 2.98. The van der Waals surface area contributed by atoms with Crippen LogP contribution in [0.4, 0.5) is 5.69 Å². The number of benzene rings is 1. The van der Waals surface area contributed by atoms with E-state index in [0.717, 1.165) is 5.69 Å². The number of anilines is 1. The summed E-state index contributed by atoms with van der Waals surface area (Å²) < 4.78 is 4.63. The highest BCUT2D eigenvalue weighted by Crippen LogP contribution is 2.24. The molecule has 0 bridgehead atoms. The number of carbonyl (C=O) groups is 2. The first-order valence-corrected chi connectivity index (χ1v) is 6.51. The van der Waals surface area contributed by atoms with E-state index >= 15 is 0 Å². The largest absolute Gasteiger partial charge is 0.465 e. The van der Waals surface area contributed by atoms with Crippen LogP contribution in [0.25, 0.3) is 0 Å². The number of aromatic nitrogens is 1. The summed E-state index contributed by atoms with van der Waals surface area (Å²) in [6, 6.07) is 7.92. The van der Waals surface area contributed by atoms with Crippen LogP contribution < -0.4 is 5.32 Å². The molecule has 0 aliphatic heterocycles. The molecule has 2 aromatic rings. The number of rotatable bonds is 3. The van der Waals surface area contributed by atoms with Crippen molar-refractivity contribution in [3.8, 4) is 0 Å². The summed E-state index contributed by atoms with van der Waals surface area (Å²) in [5.41, 5.74) is 1.86. The van der Waals surface area contributed by atoms with Gasteiger partial charge in [0.25, 0.3) is 5.91 Å². The van der Waals surface area contributed by atoms with Crippen LogP contribution in [0.15, 0.2) is 36.5 Å². The highest BCUT2D eigenvalue weighted by molar-refractivity contribution is 6.34. The van der Waals surface area contributed by atoms with Gasteiger partial charge in [0.1, 0.15) is 0 Å². The highest BCUT2D eigenvalue weighted by Gasteiger charge is 2.12. The van der Waals surface area contributed by atoms with Crippen molar-refractivity contribution in [1.82, 2.24) is 4.98 Å². The lowest BCUT2D eigenvalue weighted by Crippen LogP contribution is -2.13. The normalized spacial score (nSPS) is 10.0. The average molecular weight is 305 g/mol. The molecular formula is C15H13ClN2O3. The second-order valence-electron chi connectivity index (χ2n) is 4.33. The van der Waals surface area contributed by atoms with Gasteiger partial charge in [-0.1, -0.05) is 11.6 Å². The molecule has 5 nitrogen and oxygen atoms in total. The zero-order valence-corrected chi connectivity index (χ0v) is 12.3. The number of hydrogen-bond donors (Lipinski definition) is 1. The fourth-order valence-electron chi connectivity index (χ4n) is 1.66. The van der Waals surface area contributed by atoms with Gasteiger partial charge in [-0.05, 0) is 37.3 Å². The van der Waals surface area contributed by atoms with Crippen LogP contribution in [-0.2, 0) is 4.74 Å². The lowest BCUT2D eigenvalue weighted by molar-refractivity contribution is 0.0600. The molecular weight excluding hydrogens is 292 g/mol. The molecule has 0 aliphatic rings. The smallest absolute Gasteiger partial charge is 0.337 e. The Morgan fingerprint density at radius 2 is 1.90 bits per heavy atom. The monoisotopic (exact) mass is 304 g/mol. The Morgan fingerprint density at radius 1 is 1.19 bits per heavy atom. The molecule has 0 spiro atoms. The van der Waals surface area contributed by atoms with E-state index in [1.165, 1.54) is 31.5 Å². The Hall–Kier alpha value is -2.40. The predicted octanol–water partition coefficient (Wildman–Crippen LogP) is 3.08. The number of pyridine rings is 1. The summed E-state index contributed by atoms with van der Waals surface area (Å²) >= 11 is 6.02. The third kappa shape index (κ3) is 3.58. The zero-order chi connectivity index (χ0) is 15.4. The third-order valence-corrected chi connectivity index (χ3v) is 3.14. The summed E-state index contributed by atoms with van der Waals surface area (Å²) in [4.78, 5) is 27.6. The molecule has 1 heterocycles. The Kier molecular flexibility index (Phi) is 4.55. The third-order valence-electron chi connectivity index (χ3n) is 2.81. The van der Waals surface area contributed by atoms with Crippen LogP contribution in [0.1, 0.15) is 26.4 Å². The minimum atomic E-state index is -0.501. The minimum Gasteiger partial charge on any atom is -0.465 e. The summed E-state index contributed by atoms with van der Waals surface area (Å²) in [6.07, 6.45) is 1.47. The molecule has 21 heavy (non-hydrogen) atoms. The second kappa shape index (κ2) is 6.37. The second-order valence-corrected chi connectivity index (χ2v) is 4.74. The fourth-order valence-corrected chi connectivity index (χ4v) is 1.83. The SMILES string of the molecule is COC(=O)c1ccc(Cl)c(NC(=O)c2ccc(C)nc2)c1. The van der Waals surface area contributed by atoms with Crippen molar-refractivity contribution in [1.29, 1.82) is 0 Å². The van der Waals surface area contributed by atoms with Crippen molar-refractivity contribution in [2.75, 3.05) is 12.4 Å². The van der Waals surface area contributed by atoms with E-state index in [4.69, 9.17) is 11.6 Å². The van der Waals surface area contributed by atoms with Crippen molar-refractivity contribution >= 4 is 29.2 Å². The molecule has 1 amide bonds. The van der Waals surface area contributed by atoms with Gasteiger partial charge in [-0.25, -0.2) is 4.79 Å². The van der Waals surface area contributed by atoms with Gasteiger partial charge in [0, 0.05) is 11.9 Å². The van der Waals surface area contributed by atoms with E-state index < -0.39 is 5.97 Å². The molecule has 0 saturated carbocycles. The van der Waals surface area contributed by atoms with Gasteiger partial charge in [-0.3, -0.25) is 9.78 Å². The number of halogens is 1. The number of nitrogens with zero attached hydrogens (tertiary/aromatic N) is 1. The molecule has 0 atom stereocenters. The first-order chi connectivity index (χ1) is 10.0. The van der Waals surface area contributed by atoms with Crippen molar-refractivity contribution in [3.63, 3.8) is 0 Å². The zero-order valence-electron chi connectivity index (χ0n) is 11.5. The first kappa shape index (κ1) is 15.0. The number of aryl methyl sites for hydroxylation is 1. The van der Waals surface area contributed by atoms with Gasteiger partial charge < -0.3 is 10.1 Å². The lowest BCUT2D eigenvalue weighted by Gasteiger charge is -2.09. The van der Waals surface area contributed by atoms with Crippen LogP contribution in [0, 0.1) is 6.92 Å². The molecule has 1 aromatic carbocycles. The number of hydrogen-bond acceptors (Lipinski definition) is 4. The van der Waals surface area contributed by atoms with E-state index in [1.54, 1.807) is 12.1 Å². The van der Waals surface area contributed by atoms with Crippen molar-refractivity contribution in [2.45, 2.75) is 6.92 Å². The van der Waals surface area contributed by atoms with Gasteiger partial charge in [0.15, 0.2) is 0 Å². The van der Waals surface area contributed by atoms with Crippen molar-refractivity contribution in [2.24, 2.45) is 0 Å². The summed E-state index contributed by atoms with van der Waals surface area (Å²) in [5.74, 6) is -0.856. The molecule has 0 unspecified atom stereocenters. The number of ether oxygens (including phenoxy) is 1. The van der Waals surface area contributed by atoms with E-state index in [2.05, 4.69) is 15.0 Å². The number of nitrogens with one attached hydrogen (secondary N) is 1. The van der Waals surface area contributed by atoms with Gasteiger partial charge in [0.05, 0.1) is 28.9 Å². The molecule has 0 aliphatic carbocycles. The van der Waals surface area contributed by atoms with Crippen LogP contribution in [0.3, 0.4) is 0 Å². The summed E-state index contributed by atoms with van der Waals surface area (Å²) in [6.45, 7) is 1.83. The Bertz CT molecular complexity index is 684. The molecule has 0 radical (unpaired) electrons. The maximum absolute atomic E-state index is 12.1. The molecule has 108 valence electrons. The van der Waals surface area contributed by atoms with Gasteiger partial charge in [-0.15, -0.1) is 0 Å². The van der Waals surface area contributed by atoms with Crippen molar-refractivity contribution < 1.29 is 14.3 Å². The number of methoxy groups -OCH3 is 1. The van der Waals surface area contributed by atoms with Gasteiger partial charge in [-0.2, -0.15) is 0 Å². The van der Waals surface area contributed by atoms with Gasteiger partial charge in [0.2, 0.25) is 0 Å². The quantitative estimate of drug-likeness (QED) is 0.885. The molecule has 0 saturated heterocycles. The Balaban J connectivity index is 2.24. The first-order valence-electron chi connectivity index (χ1n) is 6.13. The average Bonchev–Trinajstić information content (AvgIpc) is 2.49. The standard InChI is InChI=1S/C15H13ClN2O3/c1-9-3-4-11(8-17-9)14(19)18-13-7-10(15(20)21-2)5-6-12(13)16/h3-8H,1-2H3,(H,18,19). The Morgan fingerprint density at radius 3 is 2.52 bits per heavy atom. The molecule has 2 rings (SSSR count). The van der Waals surface area contributed by atoms with E-state index in [-0.39, 0.29) is 5.91 Å². The van der Waals surface area contributed by atoms with Crippen LogP contribution >= 0.6 is 11.6 Å².